The number of carbonyl (C=O) groups excluding carboxylic acids is 1. The SMILES string of the molecule is COCCN(CC(C)C)C(=O)c1cccc(F)c1. The van der Waals surface area contributed by atoms with E-state index in [1.54, 1.807) is 24.1 Å². The van der Waals surface area contributed by atoms with E-state index in [9.17, 15) is 9.18 Å². The van der Waals surface area contributed by atoms with Crippen molar-refractivity contribution in [3.8, 4) is 0 Å². The predicted molar refractivity (Wildman–Crippen MR) is 69.0 cm³/mol. The molecule has 1 amide bonds. The normalized spacial score (nSPS) is 10.7. The van der Waals surface area contributed by atoms with Gasteiger partial charge in [-0.1, -0.05) is 19.9 Å². The molecule has 0 heterocycles. The minimum atomic E-state index is -0.392. The van der Waals surface area contributed by atoms with Crippen molar-refractivity contribution in [3.05, 3.63) is 35.6 Å². The van der Waals surface area contributed by atoms with Crippen LogP contribution in [0.3, 0.4) is 0 Å². The van der Waals surface area contributed by atoms with Crippen LogP contribution in [0.5, 0.6) is 0 Å². The average molecular weight is 253 g/mol. The van der Waals surface area contributed by atoms with Crippen LogP contribution >= 0.6 is 0 Å². The summed E-state index contributed by atoms with van der Waals surface area (Å²) in [6.07, 6.45) is 0. The molecular weight excluding hydrogens is 233 g/mol. The Morgan fingerprint density at radius 2 is 2.17 bits per heavy atom. The Hall–Kier alpha value is -1.42. The molecule has 0 unspecified atom stereocenters. The molecule has 0 radical (unpaired) electrons. The number of carbonyl (C=O) groups is 1. The van der Waals surface area contributed by atoms with Gasteiger partial charge in [-0.15, -0.1) is 0 Å². The number of hydrogen-bond donors (Lipinski definition) is 0. The Balaban J connectivity index is 2.80. The van der Waals surface area contributed by atoms with Gasteiger partial charge in [0.1, 0.15) is 5.82 Å². The summed E-state index contributed by atoms with van der Waals surface area (Å²) < 4.78 is 18.1. The number of methoxy groups -OCH3 is 1. The molecule has 0 bridgehead atoms. The summed E-state index contributed by atoms with van der Waals surface area (Å²) in [4.78, 5) is 13.9. The number of hydrogen-bond acceptors (Lipinski definition) is 2. The van der Waals surface area contributed by atoms with Crippen LogP contribution in [-0.4, -0.2) is 37.6 Å². The van der Waals surface area contributed by atoms with Crippen molar-refractivity contribution in [2.75, 3.05) is 26.8 Å². The lowest BCUT2D eigenvalue weighted by molar-refractivity contribution is 0.0672. The van der Waals surface area contributed by atoms with Crippen molar-refractivity contribution in [3.63, 3.8) is 0 Å². The molecule has 0 aliphatic carbocycles. The monoisotopic (exact) mass is 253 g/mol. The molecule has 4 heteroatoms. The molecule has 0 aromatic heterocycles. The predicted octanol–water partition coefficient (Wildman–Crippen LogP) is 2.57. The van der Waals surface area contributed by atoms with Gasteiger partial charge in [-0.2, -0.15) is 0 Å². The molecule has 0 saturated heterocycles. The van der Waals surface area contributed by atoms with Gasteiger partial charge in [0.2, 0.25) is 0 Å². The molecule has 100 valence electrons. The van der Waals surface area contributed by atoms with Gasteiger partial charge in [0.15, 0.2) is 0 Å². The van der Waals surface area contributed by atoms with Crippen LogP contribution < -0.4 is 0 Å². The van der Waals surface area contributed by atoms with Crippen LogP contribution in [0, 0.1) is 11.7 Å². The Kier molecular flexibility index (Phi) is 5.78. The summed E-state index contributed by atoms with van der Waals surface area (Å²) in [7, 11) is 1.60. The van der Waals surface area contributed by atoms with E-state index in [2.05, 4.69) is 0 Å². The third-order valence-corrected chi connectivity index (χ3v) is 2.51. The average Bonchev–Trinajstić information content (AvgIpc) is 2.33. The maximum atomic E-state index is 13.1. The van der Waals surface area contributed by atoms with Crippen LogP contribution in [0.4, 0.5) is 4.39 Å². The highest BCUT2D eigenvalue weighted by Gasteiger charge is 2.16. The van der Waals surface area contributed by atoms with E-state index in [0.29, 0.717) is 31.2 Å². The fraction of sp³-hybridized carbons (Fsp3) is 0.500. The van der Waals surface area contributed by atoms with E-state index >= 15 is 0 Å². The van der Waals surface area contributed by atoms with E-state index in [1.807, 2.05) is 13.8 Å². The lowest BCUT2D eigenvalue weighted by Gasteiger charge is -2.24. The molecule has 1 aromatic carbocycles. The molecule has 0 saturated carbocycles. The second kappa shape index (κ2) is 7.11. The van der Waals surface area contributed by atoms with E-state index < -0.39 is 5.82 Å². The van der Waals surface area contributed by atoms with Gasteiger partial charge >= 0.3 is 0 Å². The molecule has 18 heavy (non-hydrogen) atoms. The zero-order valence-electron chi connectivity index (χ0n) is 11.1. The second-order valence-electron chi connectivity index (χ2n) is 4.65. The van der Waals surface area contributed by atoms with Crippen molar-refractivity contribution >= 4 is 5.91 Å². The van der Waals surface area contributed by atoms with Gasteiger partial charge in [0.25, 0.3) is 5.91 Å². The summed E-state index contributed by atoms with van der Waals surface area (Å²) in [6, 6.07) is 5.78. The van der Waals surface area contributed by atoms with Crippen molar-refractivity contribution in [2.24, 2.45) is 5.92 Å². The van der Waals surface area contributed by atoms with Crippen LogP contribution in [0.15, 0.2) is 24.3 Å². The van der Waals surface area contributed by atoms with Gasteiger partial charge < -0.3 is 9.64 Å². The van der Waals surface area contributed by atoms with E-state index in [1.165, 1.54) is 12.1 Å². The molecule has 0 spiro atoms. The fourth-order valence-corrected chi connectivity index (χ4v) is 1.72. The van der Waals surface area contributed by atoms with Gasteiger partial charge in [-0.3, -0.25) is 4.79 Å². The van der Waals surface area contributed by atoms with Crippen molar-refractivity contribution in [1.82, 2.24) is 4.90 Å². The lowest BCUT2D eigenvalue weighted by Crippen LogP contribution is -2.36. The van der Waals surface area contributed by atoms with Gasteiger partial charge in [-0.25, -0.2) is 4.39 Å². The maximum absolute atomic E-state index is 13.1. The highest BCUT2D eigenvalue weighted by atomic mass is 19.1. The first-order valence-electron chi connectivity index (χ1n) is 6.08. The number of ether oxygens (including phenoxy) is 1. The summed E-state index contributed by atoms with van der Waals surface area (Å²) in [6.45, 7) is 5.72. The Morgan fingerprint density at radius 1 is 1.44 bits per heavy atom. The van der Waals surface area contributed by atoms with Crippen molar-refractivity contribution in [2.45, 2.75) is 13.8 Å². The fourth-order valence-electron chi connectivity index (χ4n) is 1.72. The summed E-state index contributed by atoms with van der Waals surface area (Å²) >= 11 is 0. The van der Waals surface area contributed by atoms with Gasteiger partial charge in [0.05, 0.1) is 6.61 Å². The van der Waals surface area contributed by atoms with Gasteiger partial charge in [-0.05, 0) is 24.1 Å². The molecule has 1 rings (SSSR count). The summed E-state index contributed by atoms with van der Waals surface area (Å²) in [5, 5.41) is 0. The zero-order valence-corrected chi connectivity index (χ0v) is 11.1. The van der Waals surface area contributed by atoms with Crippen molar-refractivity contribution in [1.29, 1.82) is 0 Å². The molecule has 0 aliphatic heterocycles. The third kappa shape index (κ3) is 4.45. The Morgan fingerprint density at radius 3 is 2.72 bits per heavy atom. The lowest BCUT2D eigenvalue weighted by atomic mass is 10.1. The van der Waals surface area contributed by atoms with Crippen LogP contribution in [0.1, 0.15) is 24.2 Å². The smallest absolute Gasteiger partial charge is 0.254 e. The Labute approximate surface area is 108 Å². The highest BCUT2D eigenvalue weighted by molar-refractivity contribution is 5.94. The summed E-state index contributed by atoms with van der Waals surface area (Å²) in [5.41, 5.74) is 0.381. The molecule has 0 atom stereocenters. The molecule has 0 N–H and O–H groups in total. The quantitative estimate of drug-likeness (QED) is 0.780. The number of amides is 1. The largest absolute Gasteiger partial charge is 0.383 e. The number of benzene rings is 1. The first-order valence-corrected chi connectivity index (χ1v) is 6.08. The zero-order chi connectivity index (χ0) is 13.5. The first-order chi connectivity index (χ1) is 8.54. The molecule has 1 aromatic rings. The minimum absolute atomic E-state index is 0.153. The number of rotatable bonds is 6. The van der Waals surface area contributed by atoms with E-state index in [-0.39, 0.29) is 5.91 Å². The molecule has 3 nitrogen and oxygen atoms in total. The summed E-state index contributed by atoms with van der Waals surface area (Å²) in [5.74, 6) is -0.184. The van der Waals surface area contributed by atoms with E-state index in [0.717, 1.165) is 0 Å². The minimum Gasteiger partial charge on any atom is -0.383 e. The van der Waals surface area contributed by atoms with Crippen LogP contribution in [0.25, 0.3) is 0 Å². The van der Waals surface area contributed by atoms with Crippen LogP contribution in [0.2, 0.25) is 0 Å². The van der Waals surface area contributed by atoms with Crippen molar-refractivity contribution < 1.29 is 13.9 Å². The standard InChI is InChI=1S/C14H20FNO2/c1-11(2)10-16(7-8-18-3)14(17)12-5-4-6-13(15)9-12/h4-6,9,11H,7-8,10H2,1-3H3. The van der Waals surface area contributed by atoms with Gasteiger partial charge in [0, 0.05) is 25.8 Å². The number of nitrogens with zero attached hydrogens (tertiary/aromatic N) is 1. The molecule has 0 fully saturated rings. The third-order valence-electron chi connectivity index (χ3n) is 2.51. The maximum Gasteiger partial charge on any atom is 0.254 e. The first kappa shape index (κ1) is 14.6. The topological polar surface area (TPSA) is 29.5 Å². The van der Waals surface area contributed by atoms with E-state index in [4.69, 9.17) is 4.74 Å². The van der Waals surface area contributed by atoms with Crippen LogP contribution in [-0.2, 0) is 4.74 Å². The molecule has 0 aliphatic rings. The molecular formula is C14H20FNO2. The number of halogens is 1. The Bertz CT molecular complexity index is 393. The highest BCUT2D eigenvalue weighted by Crippen LogP contribution is 2.09. The second-order valence-corrected chi connectivity index (χ2v) is 4.65.